The van der Waals surface area contributed by atoms with Gasteiger partial charge in [0.25, 0.3) is 0 Å². The van der Waals surface area contributed by atoms with Gasteiger partial charge in [-0.15, -0.1) is 0 Å². The number of primary sulfonamides is 1. The van der Waals surface area contributed by atoms with E-state index < -0.39 is 15.6 Å². The molecule has 27 heavy (non-hydrogen) atoms. The van der Waals surface area contributed by atoms with Crippen molar-refractivity contribution in [2.75, 3.05) is 31.1 Å². The van der Waals surface area contributed by atoms with E-state index >= 15 is 0 Å². The van der Waals surface area contributed by atoms with Gasteiger partial charge in [0, 0.05) is 31.9 Å². The van der Waals surface area contributed by atoms with Gasteiger partial charge in [0.2, 0.25) is 15.9 Å². The Morgan fingerprint density at radius 1 is 0.963 bits per heavy atom. The van der Waals surface area contributed by atoms with Crippen molar-refractivity contribution in [3.8, 4) is 0 Å². The first-order valence-corrected chi connectivity index (χ1v) is 10.3. The SMILES string of the molecule is CC(N)(C(=O)N1CCN(c2ccc(S(N)(=O)=O)cc2)CC1)c1ccccc1. The number of carbonyl (C=O) groups is 1. The van der Waals surface area contributed by atoms with Crippen molar-refractivity contribution >= 4 is 21.6 Å². The number of anilines is 1. The standard InChI is InChI=1S/C19H24N4O3S/c1-19(20,15-5-3-2-4-6-15)18(24)23-13-11-22(12-14-23)16-7-9-17(10-8-16)27(21,25)26/h2-10H,11-14,20H2,1H3,(H2,21,25,26). The van der Waals surface area contributed by atoms with Gasteiger partial charge >= 0.3 is 0 Å². The summed E-state index contributed by atoms with van der Waals surface area (Å²) in [5.41, 5.74) is 6.96. The number of nitrogens with zero attached hydrogens (tertiary/aromatic N) is 2. The summed E-state index contributed by atoms with van der Waals surface area (Å²) in [6, 6.07) is 15.8. The molecule has 7 nitrogen and oxygen atoms in total. The van der Waals surface area contributed by atoms with Crippen LogP contribution in [0.25, 0.3) is 0 Å². The number of rotatable bonds is 4. The van der Waals surface area contributed by atoms with Crippen LogP contribution in [0, 0.1) is 0 Å². The molecule has 1 atom stereocenters. The normalized spacial score (nSPS) is 17.4. The van der Waals surface area contributed by atoms with Gasteiger partial charge < -0.3 is 15.5 Å². The Labute approximate surface area is 159 Å². The van der Waals surface area contributed by atoms with Crippen molar-refractivity contribution in [1.29, 1.82) is 0 Å². The van der Waals surface area contributed by atoms with Crippen LogP contribution in [0.2, 0.25) is 0 Å². The minimum absolute atomic E-state index is 0.0850. The Morgan fingerprint density at radius 2 is 1.52 bits per heavy atom. The quantitative estimate of drug-likeness (QED) is 0.807. The molecule has 1 aliphatic heterocycles. The second-order valence-corrected chi connectivity index (χ2v) is 8.45. The molecule has 2 aromatic rings. The highest BCUT2D eigenvalue weighted by Gasteiger charge is 2.35. The Balaban J connectivity index is 1.66. The smallest absolute Gasteiger partial charge is 0.247 e. The molecular weight excluding hydrogens is 364 g/mol. The second-order valence-electron chi connectivity index (χ2n) is 6.89. The maximum absolute atomic E-state index is 12.9. The van der Waals surface area contributed by atoms with Crippen molar-refractivity contribution in [1.82, 2.24) is 4.90 Å². The van der Waals surface area contributed by atoms with E-state index in [1.54, 1.807) is 24.0 Å². The predicted octanol–water partition coefficient (Wildman–Crippen LogP) is 0.857. The number of sulfonamides is 1. The van der Waals surface area contributed by atoms with Crippen molar-refractivity contribution in [3.05, 3.63) is 60.2 Å². The fourth-order valence-corrected chi connectivity index (χ4v) is 3.77. The number of carbonyl (C=O) groups excluding carboxylic acids is 1. The first kappa shape index (κ1) is 19.3. The van der Waals surface area contributed by atoms with Crippen LogP contribution in [-0.2, 0) is 20.4 Å². The summed E-state index contributed by atoms with van der Waals surface area (Å²) >= 11 is 0. The summed E-state index contributed by atoms with van der Waals surface area (Å²) in [6.07, 6.45) is 0. The molecule has 1 fully saturated rings. The lowest BCUT2D eigenvalue weighted by molar-refractivity contribution is -0.137. The van der Waals surface area contributed by atoms with E-state index in [1.807, 2.05) is 30.3 Å². The predicted molar refractivity (Wildman–Crippen MR) is 105 cm³/mol. The van der Waals surface area contributed by atoms with Crippen LogP contribution >= 0.6 is 0 Å². The molecule has 2 aromatic carbocycles. The Hall–Kier alpha value is -2.42. The van der Waals surface area contributed by atoms with Crippen LogP contribution in [0.1, 0.15) is 12.5 Å². The van der Waals surface area contributed by atoms with E-state index in [-0.39, 0.29) is 10.8 Å². The summed E-state index contributed by atoms with van der Waals surface area (Å²) in [7, 11) is -3.70. The fourth-order valence-electron chi connectivity index (χ4n) is 3.25. The summed E-state index contributed by atoms with van der Waals surface area (Å²) in [6.45, 7) is 4.13. The van der Waals surface area contributed by atoms with Gasteiger partial charge in [-0.3, -0.25) is 4.79 Å². The highest BCUT2D eigenvalue weighted by Crippen LogP contribution is 2.23. The molecular formula is C19H24N4O3S. The van der Waals surface area contributed by atoms with Gasteiger partial charge in [-0.25, -0.2) is 13.6 Å². The molecule has 0 bridgehead atoms. The minimum Gasteiger partial charge on any atom is -0.368 e. The van der Waals surface area contributed by atoms with Crippen molar-refractivity contribution < 1.29 is 13.2 Å². The van der Waals surface area contributed by atoms with Gasteiger partial charge in [0.15, 0.2) is 0 Å². The van der Waals surface area contributed by atoms with Gasteiger partial charge in [-0.1, -0.05) is 30.3 Å². The molecule has 8 heteroatoms. The average molecular weight is 388 g/mol. The molecule has 3 rings (SSSR count). The van der Waals surface area contributed by atoms with Gasteiger partial charge in [0.1, 0.15) is 5.54 Å². The molecule has 0 radical (unpaired) electrons. The molecule has 0 aliphatic carbocycles. The highest BCUT2D eigenvalue weighted by molar-refractivity contribution is 7.89. The third-order valence-corrected chi connectivity index (χ3v) is 5.84. The number of hydrogen-bond donors (Lipinski definition) is 2. The zero-order chi connectivity index (χ0) is 19.7. The zero-order valence-corrected chi connectivity index (χ0v) is 16.0. The lowest BCUT2D eigenvalue weighted by atomic mass is 9.91. The summed E-state index contributed by atoms with van der Waals surface area (Å²) < 4.78 is 22.7. The number of piperazine rings is 1. The third-order valence-electron chi connectivity index (χ3n) is 4.92. The maximum atomic E-state index is 12.9. The average Bonchev–Trinajstić information content (AvgIpc) is 2.67. The molecule has 1 amide bonds. The molecule has 4 N–H and O–H groups in total. The molecule has 1 aliphatic rings. The fraction of sp³-hybridized carbons (Fsp3) is 0.316. The second kappa shape index (κ2) is 7.30. The Kier molecular flexibility index (Phi) is 5.23. The van der Waals surface area contributed by atoms with Crippen molar-refractivity contribution in [3.63, 3.8) is 0 Å². The molecule has 144 valence electrons. The van der Waals surface area contributed by atoms with Crippen LogP contribution < -0.4 is 15.8 Å². The lowest BCUT2D eigenvalue weighted by Crippen LogP contribution is -2.56. The van der Waals surface area contributed by atoms with E-state index in [0.29, 0.717) is 26.2 Å². The van der Waals surface area contributed by atoms with E-state index in [1.165, 1.54) is 12.1 Å². The van der Waals surface area contributed by atoms with Gasteiger partial charge in [-0.05, 0) is 36.8 Å². The van der Waals surface area contributed by atoms with E-state index in [2.05, 4.69) is 4.90 Å². The molecule has 0 aromatic heterocycles. The highest BCUT2D eigenvalue weighted by atomic mass is 32.2. The van der Waals surface area contributed by atoms with Crippen LogP contribution in [-0.4, -0.2) is 45.4 Å². The van der Waals surface area contributed by atoms with Crippen LogP contribution in [0.3, 0.4) is 0 Å². The number of hydrogen-bond acceptors (Lipinski definition) is 5. The Bertz CT molecular complexity index is 904. The summed E-state index contributed by atoms with van der Waals surface area (Å²) in [5.74, 6) is -0.0991. The summed E-state index contributed by atoms with van der Waals surface area (Å²) in [4.78, 5) is 16.9. The van der Waals surface area contributed by atoms with Gasteiger partial charge in [0.05, 0.1) is 4.90 Å². The Morgan fingerprint density at radius 3 is 2.04 bits per heavy atom. The minimum atomic E-state index is -3.70. The van der Waals surface area contributed by atoms with E-state index in [9.17, 15) is 13.2 Å². The third kappa shape index (κ3) is 4.13. The maximum Gasteiger partial charge on any atom is 0.247 e. The van der Waals surface area contributed by atoms with Crippen LogP contribution in [0.4, 0.5) is 5.69 Å². The van der Waals surface area contributed by atoms with E-state index in [0.717, 1.165) is 11.3 Å². The monoisotopic (exact) mass is 388 g/mol. The van der Waals surface area contributed by atoms with Crippen molar-refractivity contribution in [2.45, 2.75) is 17.4 Å². The summed E-state index contributed by atoms with van der Waals surface area (Å²) in [5, 5.41) is 5.13. The molecule has 1 unspecified atom stereocenters. The zero-order valence-electron chi connectivity index (χ0n) is 15.2. The molecule has 1 heterocycles. The first-order valence-electron chi connectivity index (χ1n) is 8.71. The molecule has 0 spiro atoms. The molecule has 0 saturated carbocycles. The topological polar surface area (TPSA) is 110 Å². The van der Waals surface area contributed by atoms with Crippen LogP contribution in [0.15, 0.2) is 59.5 Å². The largest absolute Gasteiger partial charge is 0.368 e. The van der Waals surface area contributed by atoms with Crippen molar-refractivity contribution in [2.24, 2.45) is 10.9 Å². The number of benzene rings is 2. The van der Waals surface area contributed by atoms with Gasteiger partial charge in [-0.2, -0.15) is 0 Å². The number of amides is 1. The van der Waals surface area contributed by atoms with Crippen LogP contribution in [0.5, 0.6) is 0 Å². The first-order chi connectivity index (χ1) is 12.7. The van der Waals surface area contributed by atoms with E-state index in [4.69, 9.17) is 10.9 Å². The lowest BCUT2D eigenvalue weighted by Gasteiger charge is -2.39. The molecule has 1 saturated heterocycles. The number of nitrogens with two attached hydrogens (primary N) is 2.